The average Bonchev–Trinajstić information content (AvgIpc) is 2.96. The zero-order valence-corrected chi connectivity index (χ0v) is 28.2. The van der Waals surface area contributed by atoms with E-state index in [9.17, 15) is 14.4 Å². The standard InChI is InChI=1S/C36H68O6/c1-5-7-9-11-12-13-14-15-21-25-29-36(39)42-33(30-40-34(37)27-23-18-10-8-6-2)31-41-35(38)28-24-20-17-16-19-22-26-32(3)4/h32-33H,5-31H2,1-4H3/t33-/m1/s1. The van der Waals surface area contributed by atoms with E-state index in [2.05, 4.69) is 27.7 Å². The smallest absolute Gasteiger partial charge is 0.306 e. The largest absolute Gasteiger partial charge is 0.462 e. The van der Waals surface area contributed by atoms with E-state index in [0.29, 0.717) is 19.3 Å². The number of rotatable bonds is 31. The molecule has 0 aromatic rings. The van der Waals surface area contributed by atoms with Gasteiger partial charge in [-0.25, -0.2) is 0 Å². The lowest BCUT2D eigenvalue weighted by molar-refractivity contribution is -0.167. The van der Waals surface area contributed by atoms with Crippen molar-refractivity contribution >= 4 is 17.9 Å². The van der Waals surface area contributed by atoms with Gasteiger partial charge in [0.25, 0.3) is 0 Å². The van der Waals surface area contributed by atoms with Crippen LogP contribution < -0.4 is 0 Å². The Morgan fingerprint density at radius 1 is 0.452 bits per heavy atom. The number of ether oxygens (including phenoxy) is 3. The van der Waals surface area contributed by atoms with Crippen molar-refractivity contribution in [2.24, 2.45) is 5.92 Å². The van der Waals surface area contributed by atoms with Crippen molar-refractivity contribution in [2.45, 2.75) is 194 Å². The van der Waals surface area contributed by atoms with Crippen LogP contribution in [-0.4, -0.2) is 37.2 Å². The summed E-state index contributed by atoms with van der Waals surface area (Å²) in [6.45, 7) is 8.78. The molecule has 0 unspecified atom stereocenters. The Morgan fingerprint density at radius 2 is 0.786 bits per heavy atom. The van der Waals surface area contributed by atoms with E-state index < -0.39 is 6.10 Å². The van der Waals surface area contributed by atoms with Gasteiger partial charge in [0.15, 0.2) is 6.10 Å². The quantitative estimate of drug-likeness (QED) is 0.0450. The molecule has 0 N–H and O–H groups in total. The summed E-state index contributed by atoms with van der Waals surface area (Å²) in [7, 11) is 0. The SMILES string of the molecule is CCCCCCCCCCCCC(=O)O[C@H](COC(=O)CCCCCCC)COC(=O)CCCCCCCCC(C)C. The van der Waals surface area contributed by atoms with Crippen molar-refractivity contribution in [3.05, 3.63) is 0 Å². The van der Waals surface area contributed by atoms with Crippen molar-refractivity contribution in [1.82, 2.24) is 0 Å². The number of hydrogen-bond donors (Lipinski definition) is 0. The first-order valence-corrected chi connectivity index (χ1v) is 17.9. The van der Waals surface area contributed by atoms with E-state index in [0.717, 1.165) is 70.1 Å². The molecule has 0 spiro atoms. The maximum absolute atomic E-state index is 12.5. The fourth-order valence-corrected chi connectivity index (χ4v) is 5.04. The molecule has 0 aromatic carbocycles. The van der Waals surface area contributed by atoms with Gasteiger partial charge in [-0.2, -0.15) is 0 Å². The first-order chi connectivity index (χ1) is 20.4. The summed E-state index contributed by atoms with van der Waals surface area (Å²) in [6, 6.07) is 0. The molecule has 0 aliphatic rings. The van der Waals surface area contributed by atoms with Gasteiger partial charge >= 0.3 is 17.9 Å². The van der Waals surface area contributed by atoms with Crippen molar-refractivity contribution in [3.8, 4) is 0 Å². The normalized spacial score (nSPS) is 11.9. The zero-order chi connectivity index (χ0) is 31.1. The highest BCUT2D eigenvalue weighted by molar-refractivity contribution is 5.71. The molecule has 0 saturated carbocycles. The van der Waals surface area contributed by atoms with Gasteiger partial charge in [0, 0.05) is 19.3 Å². The second-order valence-corrected chi connectivity index (χ2v) is 12.6. The maximum atomic E-state index is 12.5. The molecule has 0 amide bonds. The van der Waals surface area contributed by atoms with Gasteiger partial charge in [-0.3, -0.25) is 14.4 Å². The minimum absolute atomic E-state index is 0.0679. The van der Waals surface area contributed by atoms with Crippen molar-refractivity contribution in [3.63, 3.8) is 0 Å². The summed E-state index contributed by atoms with van der Waals surface area (Å²) in [5.41, 5.74) is 0. The molecule has 0 aromatic heterocycles. The van der Waals surface area contributed by atoms with Crippen LogP contribution in [0, 0.1) is 5.92 Å². The van der Waals surface area contributed by atoms with Crippen molar-refractivity contribution in [1.29, 1.82) is 0 Å². The molecule has 42 heavy (non-hydrogen) atoms. The lowest BCUT2D eigenvalue weighted by Crippen LogP contribution is -2.30. The molecule has 0 radical (unpaired) electrons. The van der Waals surface area contributed by atoms with Crippen LogP contribution in [0.2, 0.25) is 0 Å². The van der Waals surface area contributed by atoms with Crippen LogP contribution >= 0.6 is 0 Å². The van der Waals surface area contributed by atoms with Gasteiger partial charge in [0.1, 0.15) is 13.2 Å². The second kappa shape index (κ2) is 30.9. The highest BCUT2D eigenvalue weighted by atomic mass is 16.6. The zero-order valence-electron chi connectivity index (χ0n) is 28.2. The number of carbonyl (C=O) groups excluding carboxylic acids is 3. The van der Waals surface area contributed by atoms with Crippen molar-refractivity contribution in [2.75, 3.05) is 13.2 Å². The summed E-state index contributed by atoms with van der Waals surface area (Å²) in [5.74, 6) is -0.125. The Labute approximate surface area is 259 Å². The summed E-state index contributed by atoms with van der Waals surface area (Å²) >= 11 is 0. The topological polar surface area (TPSA) is 78.9 Å². The molecule has 0 bridgehead atoms. The predicted molar refractivity (Wildman–Crippen MR) is 173 cm³/mol. The third-order valence-corrected chi connectivity index (χ3v) is 7.79. The van der Waals surface area contributed by atoms with Crippen LogP contribution in [0.3, 0.4) is 0 Å². The Kier molecular flexibility index (Phi) is 29.7. The van der Waals surface area contributed by atoms with E-state index in [-0.39, 0.29) is 31.1 Å². The molecule has 0 heterocycles. The molecular weight excluding hydrogens is 528 g/mol. The summed E-state index contributed by atoms with van der Waals surface area (Å²) in [5, 5.41) is 0. The third-order valence-electron chi connectivity index (χ3n) is 7.79. The van der Waals surface area contributed by atoms with Crippen LogP contribution in [-0.2, 0) is 28.6 Å². The van der Waals surface area contributed by atoms with E-state index in [4.69, 9.17) is 14.2 Å². The van der Waals surface area contributed by atoms with Gasteiger partial charge in [0.05, 0.1) is 0 Å². The monoisotopic (exact) mass is 597 g/mol. The lowest BCUT2D eigenvalue weighted by atomic mass is 10.0. The van der Waals surface area contributed by atoms with Crippen LogP contribution in [0.25, 0.3) is 0 Å². The fraction of sp³-hybridized carbons (Fsp3) is 0.917. The molecule has 6 heteroatoms. The summed E-state index contributed by atoms with van der Waals surface area (Å²) in [4.78, 5) is 37.0. The van der Waals surface area contributed by atoms with Gasteiger partial charge < -0.3 is 14.2 Å². The minimum atomic E-state index is -0.755. The minimum Gasteiger partial charge on any atom is -0.462 e. The number of unbranched alkanes of at least 4 members (excludes halogenated alkanes) is 18. The van der Waals surface area contributed by atoms with Gasteiger partial charge in [0.2, 0.25) is 0 Å². The molecule has 248 valence electrons. The molecule has 0 aliphatic carbocycles. The highest BCUT2D eigenvalue weighted by Gasteiger charge is 2.19. The molecule has 0 aliphatic heterocycles. The van der Waals surface area contributed by atoms with E-state index >= 15 is 0 Å². The van der Waals surface area contributed by atoms with E-state index in [1.807, 2.05) is 0 Å². The first-order valence-electron chi connectivity index (χ1n) is 17.9. The molecular formula is C36H68O6. The lowest BCUT2D eigenvalue weighted by Gasteiger charge is -2.18. The third kappa shape index (κ3) is 29.9. The number of esters is 3. The Morgan fingerprint density at radius 3 is 1.17 bits per heavy atom. The second-order valence-electron chi connectivity index (χ2n) is 12.6. The number of carbonyl (C=O) groups is 3. The highest BCUT2D eigenvalue weighted by Crippen LogP contribution is 2.14. The van der Waals surface area contributed by atoms with Crippen LogP contribution in [0.15, 0.2) is 0 Å². The Bertz CT molecular complexity index is 632. The van der Waals surface area contributed by atoms with E-state index in [1.165, 1.54) is 77.0 Å². The Hall–Kier alpha value is -1.59. The molecule has 0 rings (SSSR count). The fourth-order valence-electron chi connectivity index (χ4n) is 5.04. The molecule has 0 saturated heterocycles. The Balaban J connectivity index is 4.32. The maximum Gasteiger partial charge on any atom is 0.306 e. The predicted octanol–water partition coefficient (Wildman–Crippen LogP) is 10.4. The van der Waals surface area contributed by atoms with Crippen LogP contribution in [0.5, 0.6) is 0 Å². The van der Waals surface area contributed by atoms with Crippen LogP contribution in [0.1, 0.15) is 188 Å². The van der Waals surface area contributed by atoms with Crippen LogP contribution in [0.4, 0.5) is 0 Å². The van der Waals surface area contributed by atoms with Gasteiger partial charge in [-0.15, -0.1) is 0 Å². The number of hydrogen-bond acceptors (Lipinski definition) is 6. The first kappa shape index (κ1) is 40.4. The van der Waals surface area contributed by atoms with Gasteiger partial charge in [-0.05, 0) is 25.2 Å². The average molecular weight is 597 g/mol. The van der Waals surface area contributed by atoms with Crippen molar-refractivity contribution < 1.29 is 28.6 Å². The summed E-state index contributed by atoms with van der Waals surface area (Å²) in [6.07, 6.45) is 25.6. The molecule has 0 fully saturated rings. The molecule has 6 nitrogen and oxygen atoms in total. The molecule has 1 atom stereocenters. The van der Waals surface area contributed by atoms with E-state index in [1.54, 1.807) is 0 Å². The van der Waals surface area contributed by atoms with Gasteiger partial charge in [-0.1, -0.05) is 150 Å². The summed E-state index contributed by atoms with van der Waals surface area (Å²) < 4.78 is 16.4.